The van der Waals surface area contributed by atoms with E-state index in [1.54, 1.807) is 12.4 Å². The van der Waals surface area contributed by atoms with Crippen LogP contribution in [0.3, 0.4) is 0 Å². The molecule has 0 saturated carbocycles. The summed E-state index contributed by atoms with van der Waals surface area (Å²) in [7, 11) is 1.97. The van der Waals surface area contributed by atoms with Crippen LogP contribution in [0.2, 0.25) is 0 Å². The van der Waals surface area contributed by atoms with Crippen molar-refractivity contribution in [1.82, 2.24) is 14.5 Å². The van der Waals surface area contributed by atoms with Gasteiger partial charge >= 0.3 is 0 Å². The number of aryl methyl sites for hydroxylation is 1. The number of pyridine rings is 1. The molecule has 3 rings (SSSR count). The van der Waals surface area contributed by atoms with Crippen molar-refractivity contribution in [1.29, 1.82) is 0 Å². The average Bonchev–Trinajstić information content (AvgIpc) is 2.87. The maximum absolute atomic E-state index is 5.94. The molecule has 0 radical (unpaired) electrons. The summed E-state index contributed by atoms with van der Waals surface area (Å²) in [5.74, 6) is 1.75. The number of hydrogen-bond donors (Lipinski definition) is 1. The number of hydrogen-bond acceptors (Lipinski definition) is 4. The summed E-state index contributed by atoms with van der Waals surface area (Å²) in [5.41, 5.74) is 7.45. The monoisotopic (exact) mass is 268 g/mol. The summed E-state index contributed by atoms with van der Waals surface area (Å²) in [6, 6.07) is 7.53. The summed E-state index contributed by atoms with van der Waals surface area (Å²) in [5, 5.41) is 0.919. The van der Waals surface area contributed by atoms with Crippen molar-refractivity contribution in [3.8, 4) is 5.75 Å². The molecule has 3 aromatic rings. The zero-order valence-corrected chi connectivity index (χ0v) is 11.3. The largest absolute Gasteiger partial charge is 0.491 e. The van der Waals surface area contributed by atoms with Crippen molar-refractivity contribution in [2.75, 3.05) is 12.3 Å². The first-order valence-corrected chi connectivity index (χ1v) is 6.48. The fourth-order valence-electron chi connectivity index (χ4n) is 2.17. The molecule has 2 aromatic heterocycles. The predicted molar refractivity (Wildman–Crippen MR) is 78.6 cm³/mol. The number of nitrogens with two attached hydrogens (primary N) is 1. The molecular formula is C15H16N4O. The van der Waals surface area contributed by atoms with Crippen molar-refractivity contribution < 1.29 is 4.74 Å². The minimum Gasteiger partial charge on any atom is -0.491 e. The molecule has 0 atom stereocenters. The Morgan fingerprint density at radius 1 is 1.20 bits per heavy atom. The highest BCUT2D eigenvalue weighted by Crippen LogP contribution is 2.28. The van der Waals surface area contributed by atoms with Crippen LogP contribution in [0.25, 0.3) is 10.9 Å². The fourth-order valence-corrected chi connectivity index (χ4v) is 2.17. The van der Waals surface area contributed by atoms with E-state index in [4.69, 9.17) is 10.5 Å². The molecule has 0 spiro atoms. The average molecular weight is 268 g/mol. The van der Waals surface area contributed by atoms with Gasteiger partial charge < -0.3 is 15.0 Å². The van der Waals surface area contributed by atoms with Gasteiger partial charge in [-0.15, -0.1) is 0 Å². The SMILES string of the molecule is Cn1ccnc1CCOc1ccc(N)c2cccnc12. The third-order valence-electron chi connectivity index (χ3n) is 3.27. The van der Waals surface area contributed by atoms with Gasteiger partial charge in [0.2, 0.25) is 0 Å². The molecule has 102 valence electrons. The van der Waals surface area contributed by atoms with Gasteiger partial charge in [-0.1, -0.05) is 0 Å². The molecule has 1 aromatic carbocycles. The van der Waals surface area contributed by atoms with Crippen LogP contribution in [0.1, 0.15) is 5.82 Å². The van der Waals surface area contributed by atoms with Gasteiger partial charge in [-0.25, -0.2) is 4.98 Å². The Balaban J connectivity index is 1.78. The predicted octanol–water partition coefficient (Wildman–Crippen LogP) is 2.17. The van der Waals surface area contributed by atoms with Crippen LogP contribution in [0.4, 0.5) is 5.69 Å². The van der Waals surface area contributed by atoms with E-state index in [0.717, 1.165) is 28.9 Å². The standard InChI is InChI=1S/C15H16N4O/c1-19-9-8-17-14(19)6-10-20-13-5-4-12(16)11-3-2-7-18-15(11)13/h2-5,7-9H,6,10,16H2,1H3. The Labute approximate surface area is 117 Å². The van der Waals surface area contributed by atoms with Crippen LogP contribution in [-0.4, -0.2) is 21.1 Å². The molecule has 0 saturated heterocycles. The number of rotatable bonds is 4. The third-order valence-corrected chi connectivity index (χ3v) is 3.27. The summed E-state index contributed by atoms with van der Waals surface area (Å²) >= 11 is 0. The molecule has 0 amide bonds. The van der Waals surface area contributed by atoms with Crippen LogP contribution < -0.4 is 10.5 Å². The number of anilines is 1. The number of imidazole rings is 1. The number of aromatic nitrogens is 3. The molecule has 0 aliphatic carbocycles. The van der Waals surface area contributed by atoms with Crippen LogP contribution in [-0.2, 0) is 13.5 Å². The van der Waals surface area contributed by atoms with Gasteiger partial charge in [-0.3, -0.25) is 4.98 Å². The molecular weight excluding hydrogens is 252 g/mol. The first-order valence-electron chi connectivity index (χ1n) is 6.48. The Morgan fingerprint density at radius 2 is 2.10 bits per heavy atom. The second-order valence-corrected chi connectivity index (χ2v) is 4.61. The van der Waals surface area contributed by atoms with Crippen molar-refractivity contribution in [3.63, 3.8) is 0 Å². The number of benzene rings is 1. The van der Waals surface area contributed by atoms with Crippen LogP contribution in [0.15, 0.2) is 42.9 Å². The number of nitrogen functional groups attached to an aromatic ring is 1. The van der Waals surface area contributed by atoms with E-state index >= 15 is 0 Å². The maximum Gasteiger partial charge on any atom is 0.145 e. The van der Waals surface area contributed by atoms with E-state index in [1.807, 2.05) is 42.1 Å². The number of fused-ring (bicyclic) bond motifs is 1. The van der Waals surface area contributed by atoms with Crippen molar-refractivity contribution in [3.05, 3.63) is 48.7 Å². The van der Waals surface area contributed by atoms with Gasteiger partial charge in [0.1, 0.15) is 17.1 Å². The first-order chi connectivity index (χ1) is 9.75. The quantitative estimate of drug-likeness (QED) is 0.736. The number of ether oxygens (including phenoxy) is 1. The zero-order valence-electron chi connectivity index (χ0n) is 11.3. The van der Waals surface area contributed by atoms with Crippen molar-refractivity contribution >= 4 is 16.6 Å². The summed E-state index contributed by atoms with van der Waals surface area (Å²) in [6.07, 6.45) is 6.21. The van der Waals surface area contributed by atoms with Gasteiger partial charge in [0.05, 0.1) is 6.61 Å². The van der Waals surface area contributed by atoms with Crippen LogP contribution in [0, 0.1) is 0 Å². The summed E-state index contributed by atoms with van der Waals surface area (Å²) in [6.45, 7) is 0.556. The molecule has 2 N–H and O–H groups in total. The Hall–Kier alpha value is -2.56. The molecule has 0 aliphatic heterocycles. The highest BCUT2D eigenvalue weighted by atomic mass is 16.5. The van der Waals surface area contributed by atoms with Crippen molar-refractivity contribution in [2.45, 2.75) is 6.42 Å². The smallest absolute Gasteiger partial charge is 0.145 e. The highest BCUT2D eigenvalue weighted by molar-refractivity contribution is 5.94. The summed E-state index contributed by atoms with van der Waals surface area (Å²) in [4.78, 5) is 8.62. The third kappa shape index (κ3) is 2.30. The fraction of sp³-hybridized carbons (Fsp3) is 0.200. The molecule has 5 heteroatoms. The lowest BCUT2D eigenvalue weighted by molar-refractivity contribution is 0.320. The molecule has 0 unspecified atom stereocenters. The lowest BCUT2D eigenvalue weighted by Gasteiger charge is -2.10. The van der Waals surface area contributed by atoms with Gasteiger partial charge in [-0.2, -0.15) is 0 Å². The Bertz CT molecular complexity index is 736. The normalized spacial score (nSPS) is 10.8. The number of nitrogens with zero attached hydrogens (tertiary/aromatic N) is 3. The molecule has 2 heterocycles. The van der Waals surface area contributed by atoms with E-state index in [-0.39, 0.29) is 0 Å². The summed E-state index contributed by atoms with van der Waals surface area (Å²) < 4.78 is 7.82. The molecule has 20 heavy (non-hydrogen) atoms. The molecule has 5 nitrogen and oxygen atoms in total. The first kappa shape index (κ1) is 12.5. The molecule has 0 aliphatic rings. The molecule has 0 fully saturated rings. The second kappa shape index (κ2) is 5.21. The molecule has 0 bridgehead atoms. The van der Waals surface area contributed by atoms with Gasteiger partial charge in [0, 0.05) is 43.1 Å². The lowest BCUT2D eigenvalue weighted by atomic mass is 10.1. The van der Waals surface area contributed by atoms with Crippen molar-refractivity contribution in [2.24, 2.45) is 7.05 Å². The second-order valence-electron chi connectivity index (χ2n) is 4.61. The van der Waals surface area contributed by atoms with E-state index in [2.05, 4.69) is 9.97 Å². The topological polar surface area (TPSA) is 66.0 Å². The Morgan fingerprint density at radius 3 is 2.90 bits per heavy atom. The minimum atomic E-state index is 0.556. The maximum atomic E-state index is 5.94. The zero-order chi connectivity index (χ0) is 13.9. The van der Waals surface area contributed by atoms with E-state index in [1.165, 1.54) is 0 Å². The van der Waals surface area contributed by atoms with E-state index in [0.29, 0.717) is 12.3 Å². The van der Waals surface area contributed by atoms with Crippen LogP contribution >= 0.6 is 0 Å². The minimum absolute atomic E-state index is 0.556. The van der Waals surface area contributed by atoms with E-state index < -0.39 is 0 Å². The van der Waals surface area contributed by atoms with Gasteiger partial charge in [0.15, 0.2) is 0 Å². The van der Waals surface area contributed by atoms with Gasteiger partial charge in [0.25, 0.3) is 0 Å². The lowest BCUT2D eigenvalue weighted by Crippen LogP contribution is -2.06. The van der Waals surface area contributed by atoms with Gasteiger partial charge in [-0.05, 0) is 24.3 Å². The highest BCUT2D eigenvalue weighted by Gasteiger charge is 2.06. The van der Waals surface area contributed by atoms with Crippen LogP contribution in [0.5, 0.6) is 5.75 Å². The van der Waals surface area contributed by atoms with E-state index in [9.17, 15) is 0 Å². The Kier molecular flexibility index (Phi) is 3.25.